The normalized spacial score (nSPS) is 11.2. The Morgan fingerprint density at radius 2 is 1.58 bits per heavy atom. The Hall–Kier alpha value is -2.33. The van der Waals surface area contributed by atoms with Crippen LogP contribution in [0.25, 0.3) is 32.0 Å². The molecule has 0 aliphatic heterocycles. The minimum atomic E-state index is 0.694. The molecule has 0 saturated heterocycles. The van der Waals surface area contributed by atoms with Gasteiger partial charge in [-0.3, -0.25) is 0 Å². The summed E-state index contributed by atoms with van der Waals surface area (Å²) in [6.45, 7) is 0. The van der Waals surface area contributed by atoms with Crippen LogP contribution < -0.4 is 0 Å². The van der Waals surface area contributed by atoms with Gasteiger partial charge in [-0.05, 0) is 18.2 Å². The van der Waals surface area contributed by atoms with E-state index in [0.29, 0.717) is 5.82 Å². The van der Waals surface area contributed by atoms with Crippen molar-refractivity contribution in [3.63, 3.8) is 0 Å². The van der Waals surface area contributed by atoms with Crippen molar-refractivity contribution in [3.05, 3.63) is 54.7 Å². The first-order valence-corrected chi connectivity index (χ1v) is 6.79. The van der Waals surface area contributed by atoms with Crippen molar-refractivity contribution >= 4 is 32.5 Å². The predicted molar refractivity (Wildman–Crippen MR) is 78.2 cm³/mol. The maximum Gasteiger partial charge on any atom is 0.189 e. The van der Waals surface area contributed by atoms with E-state index in [1.165, 1.54) is 0 Å². The molecule has 90 valence electrons. The second kappa shape index (κ2) is 4.10. The van der Waals surface area contributed by atoms with Crippen molar-refractivity contribution in [2.45, 2.75) is 0 Å². The van der Waals surface area contributed by atoms with Gasteiger partial charge in [0.25, 0.3) is 0 Å². The smallest absolute Gasteiger partial charge is 0.189 e. The first-order chi connectivity index (χ1) is 9.40. The van der Waals surface area contributed by atoms with Crippen LogP contribution in [0.2, 0.25) is 0 Å². The maximum absolute atomic E-state index is 4.58. The molecular formula is C15H9N3S. The van der Waals surface area contributed by atoms with Gasteiger partial charge in [0.15, 0.2) is 10.8 Å². The Morgan fingerprint density at radius 1 is 0.789 bits per heavy atom. The second-order valence-corrected chi connectivity index (χ2v) is 5.27. The Balaban J connectivity index is 1.93. The lowest BCUT2D eigenvalue weighted by molar-refractivity contribution is 1.21. The van der Waals surface area contributed by atoms with E-state index in [9.17, 15) is 0 Å². The number of rotatable bonds is 1. The van der Waals surface area contributed by atoms with Gasteiger partial charge in [0, 0.05) is 11.6 Å². The fraction of sp³-hybridized carbons (Fsp3) is 0. The Bertz CT molecular complexity index is 849. The fourth-order valence-electron chi connectivity index (χ4n) is 2.04. The van der Waals surface area contributed by atoms with Crippen LogP contribution in [0, 0.1) is 0 Å². The Labute approximate surface area is 113 Å². The molecule has 0 atom stereocenters. The van der Waals surface area contributed by atoms with Crippen LogP contribution in [-0.4, -0.2) is 15.0 Å². The lowest BCUT2D eigenvalue weighted by Gasteiger charge is -1.98. The summed E-state index contributed by atoms with van der Waals surface area (Å²) in [5, 5.41) is 1.92. The summed E-state index contributed by atoms with van der Waals surface area (Å²) in [6, 6.07) is 16.1. The van der Waals surface area contributed by atoms with E-state index in [-0.39, 0.29) is 0 Å². The molecule has 4 aromatic rings. The van der Waals surface area contributed by atoms with E-state index in [4.69, 9.17) is 0 Å². The van der Waals surface area contributed by atoms with Crippen molar-refractivity contribution in [1.29, 1.82) is 0 Å². The third kappa shape index (κ3) is 1.77. The molecule has 2 aromatic heterocycles. The van der Waals surface area contributed by atoms with Gasteiger partial charge in [-0.2, -0.15) is 0 Å². The van der Waals surface area contributed by atoms with Gasteiger partial charge in [0.1, 0.15) is 0 Å². The molecule has 0 spiro atoms. The van der Waals surface area contributed by atoms with E-state index in [0.717, 1.165) is 26.1 Å². The Morgan fingerprint density at radius 3 is 2.47 bits per heavy atom. The number of benzene rings is 2. The van der Waals surface area contributed by atoms with Crippen LogP contribution in [0.3, 0.4) is 0 Å². The minimum Gasteiger partial charge on any atom is -0.234 e. The summed E-state index contributed by atoms with van der Waals surface area (Å²) >= 11 is 1.62. The summed E-state index contributed by atoms with van der Waals surface area (Å²) in [4.78, 5) is 13.6. The zero-order valence-corrected chi connectivity index (χ0v) is 10.8. The lowest BCUT2D eigenvalue weighted by atomic mass is 10.2. The van der Waals surface area contributed by atoms with Crippen molar-refractivity contribution < 1.29 is 0 Å². The summed E-state index contributed by atoms with van der Waals surface area (Å²) in [5.74, 6) is 0.694. The van der Waals surface area contributed by atoms with Crippen molar-refractivity contribution in [2.75, 3.05) is 0 Å². The van der Waals surface area contributed by atoms with Crippen LogP contribution in [-0.2, 0) is 0 Å². The molecule has 0 amide bonds. The molecule has 4 heteroatoms. The zero-order valence-electron chi connectivity index (χ0n) is 9.95. The molecule has 3 nitrogen and oxygen atoms in total. The van der Waals surface area contributed by atoms with Crippen LogP contribution in [0.5, 0.6) is 0 Å². The number of fused-ring (bicyclic) bond motifs is 2. The largest absolute Gasteiger partial charge is 0.234 e. The lowest BCUT2D eigenvalue weighted by Crippen LogP contribution is -1.88. The first-order valence-electron chi connectivity index (χ1n) is 5.98. The third-order valence-electron chi connectivity index (χ3n) is 2.97. The summed E-state index contributed by atoms with van der Waals surface area (Å²) in [5.41, 5.74) is 1.95. The SMILES string of the molecule is c1ccc2nc(-c3nc4ccccc4s3)ncc2c1. The molecule has 19 heavy (non-hydrogen) atoms. The van der Waals surface area contributed by atoms with Gasteiger partial charge >= 0.3 is 0 Å². The quantitative estimate of drug-likeness (QED) is 0.522. The topological polar surface area (TPSA) is 38.7 Å². The molecule has 0 fully saturated rings. The monoisotopic (exact) mass is 263 g/mol. The van der Waals surface area contributed by atoms with Gasteiger partial charge in [-0.1, -0.05) is 30.3 Å². The molecular weight excluding hydrogens is 254 g/mol. The number of nitrogens with zero attached hydrogens (tertiary/aromatic N) is 3. The molecule has 0 aliphatic rings. The van der Waals surface area contributed by atoms with Crippen LogP contribution in [0.1, 0.15) is 0 Å². The molecule has 0 radical (unpaired) electrons. The van der Waals surface area contributed by atoms with E-state index in [2.05, 4.69) is 21.0 Å². The molecule has 0 saturated carbocycles. The van der Waals surface area contributed by atoms with Crippen molar-refractivity contribution in [2.24, 2.45) is 0 Å². The number of aromatic nitrogens is 3. The highest BCUT2D eigenvalue weighted by atomic mass is 32.1. The Kier molecular flexibility index (Phi) is 2.28. The van der Waals surface area contributed by atoms with Crippen LogP contribution in [0.4, 0.5) is 0 Å². The number of hydrogen-bond acceptors (Lipinski definition) is 4. The summed E-state index contributed by atoms with van der Waals surface area (Å²) in [7, 11) is 0. The summed E-state index contributed by atoms with van der Waals surface area (Å²) < 4.78 is 1.16. The molecule has 2 aromatic carbocycles. The molecule has 0 N–H and O–H groups in total. The highest BCUT2D eigenvalue weighted by Gasteiger charge is 2.08. The average Bonchev–Trinajstić information content (AvgIpc) is 2.90. The zero-order chi connectivity index (χ0) is 12.7. The second-order valence-electron chi connectivity index (χ2n) is 4.24. The maximum atomic E-state index is 4.58. The minimum absolute atomic E-state index is 0.694. The van der Waals surface area contributed by atoms with E-state index >= 15 is 0 Å². The van der Waals surface area contributed by atoms with E-state index in [1.807, 2.05) is 48.7 Å². The molecule has 2 heterocycles. The van der Waals surface area contributed by atoms with Gasteiger partial charge in [0.05, 0.1) is 15.7 Å². The van der Waals surface area contributed by atoms with Crippen molar-refractivity contribution in [1.82, 2.24) is 15.0 Å². The molecule has 4 rings (SSSR count). The number of hydrogen-bond donors (Lipinski definition) is 0. The van der Waals surface area contributed by atoms with Gasteiger partial charge in [0.2, 0.25) is 0 Å². The van der Waals surface area contributed by atoms with Crippen LogP contribution >= 0.6 is 11.3 Å². The van der Waals surface area contributed by atoms with Gasteiger partial charge in [-0.25, -0.2) is 15.0 Å². The molecule has 0 bridgehead atoms. The number of para-hydroxylation sites is 2. The standard InChI is InChI=1S/C15H9N3S/c1-2-6-11-10(5-1)9-16-14(17-11)15-18-12-7-3-4-8-13(12)19-15/h1-9H. The van der Waals surface area contributed by atoms with Crippen molar-refractivity contribution in [3.8, 4) is 10.8 Å². The van der Waals surface area contributed by atoms with Crippen LogP contribution in [0.15, 0.2) is 54.7 Å². The fourth-order valence-corrected chi connectivity index (χ4v) is 2.95. The first kappa shape index (κ1) is 10.6. The number of thiazole rings is 1. The highest BCUT2D eigenvalue weighted by molar-refractivity contribution is 7.21. The molecule has 0 aliphatic carbocycles. The van der Waals surface area contributed by atoms with E-state index < -0.39 is 0 Å². The third-order valence-corrected chi connectivity index (χ3v) is 4.01. The predicted octanol–water partition coefficient (Wildman–Crippen LogP) is 3.91. The van der Waals surface area contributed by atoms with E-state index in [1.54, 1.807) is 11.3 Å². The summed E-state index contributed by atoms with van der Waals surface area (Å²) in [6.07, 6.45) is 1.85. The van der Waals surface area contributed by atoms with Gasteiger partial charge < -0.3 is 0 Å². The van der Waals surface area contributed by atoms with Gasteiger partial charge in [-0.15, -0.1) is 11.3 Å². The average molecular weight is 263 g/mol. The molecule has 0 unspecified atom stereocenters. The highest BCUT2D eigenvalue weighted by Crippen LogP contribution is 2.28.